The second-order valence-electron chi connectivity index (χ2n) is 3.27. The summed E-state index contributed by atoms with van der Waals surface area (Å²) in [5.74, 6) is -0.395. The molecule has 3 nitrogen and oxygen atoms in total. The monoisotopic (exact) mass is 280 g/mol. The molecule has 0 aromatic heterocycles. The predicted octanol–water partition coefficient (Wildman–Crippen LogP) is 3.07. The van der Waals surface area contributed by atoms with Gasteiger partial charge in [-0.05, 0) is 17.5 Å². The number of hydrogen-bond acceptors (Lipinski definition) is 2. The SMILES string of the molecule is O=C(O)COc1ccc(Br)c2ccccc12. The van der Waals surface area contributed by atoms with Gasteiger partial charge in [0.15, 0.2) is 6.61 Å². The number of fused-ring (bicyclic) bond motifs is 1. The molecule has 1 N–H and O–H groups in total. The first kappa shape index (κ1) is 11.0. The van der Waals surface area contributed by atoms with Gasteiger partial charge in [0.2, 0.25) is 0 Å². The van der Waals surface area contributed by atoms with Gasteiger partial charge in [-0.25, -0.2) is 4.79 Å². The molecular weight excluding hydrogens is 272 g/mol. The third kappa shape index (κ3) is 2.17. The molecule has 0 aliphatic rings. The molecular formula is C12H9BrO3. The van der Waals surface area contributed by atoms with E-state index in [1.165, 1.54) is 0 Å². The summed E-state index contributed by atoms with van der Waals surface area (Å²) in [6, 6.07) is 11.3. The number of ether oxygens (including phenoxy) is 1. The molecule has 2 aromatic rings. The summed E-state index contributed by atoms with van der Waals surface area (Å²) in [5, 5.41) is 10.5. The van der Waals surface area contributed by atoms with Gasteiger partial charge in [0.05, 0.1) is 0 Å². The summed E-state index contributed by atoms with van der Waals surface area (Å²) in [4.78, 5) is 10.4. The summed E-state index contributed by atoms with van der Waals surface area (Å²) in [7, 11) is 0. The zero-order chi connectivity index (χ0) is 11.5. The maximum Gasteiger partial charge on any atom is 0.341 e. The third-order valence-electron chi connectivity index (χ3n) is 2.18. The van der Waals surface area contributed by atoms with E-state index < -0.39 is 5.97 Å². The smallest absolute Gasteiger partial charge is 0.341 e. The molecule has 0 radical (unpaired) electrons. The van der Waals surface area contributed by atoms with Crippen LogP contribution in [0.3, 0.4) is 0 Å². The number of halogens is 1. The van der Waals surface area contributed by atoms with Crippen LogP contribution < -0.4 is 4.74 Å². The van der Waals surface area contributed by atoms with Crippen LogP contribution in [0.25, 0.3) is 10.8 Å². The zero-order valence-electron chi connectivity index (χ0n) is 8.31. The first-order valence-electron chi connectivity index (χ1n) is 4.70. The van der Waals surface area contributed by atoms with Gasteiger partial charge in [-0.3, -0.25) is 0 Å². The van der Waals surface area contributed by atoms with Crippen LogP contribution in [0.4, 0.5) is 0 Å². The van der Waals surface area contributed by atoms with Crippen LogP contribution in [-0.2, 0) is 4.79 Å². The highest BCUT2D eigenvalue weighted by molar-refractivity contribution is 9.10. The Morgan fingerprint density at radius 1 is 1.19 bits per heavy atom. The van der Waals surface area contributed by atoms with Gasteiger partial charge in [0.1, 0.15) is 5.75 Å². The molecule has 0 unspecified atom stereocenters. The standard InChI is InChI=1S/C12H9BrO3/c13-10-5-6-11(16-7-12(14)15)9-4-2-1-3-8(9)10/h1-6H,7H2,(H,14,15). The summed E-state index contributed by atoms with van der Waals surface area (Å²) in [5.41, 5.74) is 0. The molecule has 0 spiro atoms. The molecule has 82 valence electrons. The molecule has 0 heterocycles. The van der Waals surface area contributed by atoms with E-state index in [9.17, 15) is 4.79 Å². The van der Waals surface area contributed by atoms with Crippen LogP contribution in [0.1, 0.15) is 0 Å². The summed E-state index contributed by atoms with van der Waals surface area (Å²) in [6.45, 7) is -0.328. The van der Waals surface area contributed by atoms with Crippen molar-refractivity contribution < 1.29 is 14.6 Å². The lowest BCUT2D eigenvalue weighted by molar-refractivity contribution is -0.139. The minimum atomic E-state index is -0.980. The number of aliphatic carboxylic acids is 1. The number of benzene rings is 2. The van der Waals surface area contributed by atoms with E-state index in [-0.39, 0.29) is 6.61 Å². The van der Waals surface area contributed by atoms with Gasteiger partial charge < -0.3 is 9.84 Å². The van der Waals surface area contributed by atoms with Crippen LogP contribution in [0, 0.1) is 0 Å². The number of carbonyl (C=O) groups is 1. The fraction of sp³-hybridized carbons (Fsp3) is 0.0833. The second-order valence-corrected chi connectivity index (χ2v) is 4.13. The van der Waals surface area contributed by atoms with Crippen molar-refractivity contribution in [3.63, 3.8) is 0 Å². The van der Waals surface area contributed by atoms with E-state index in [1.807, 2.05) is 30.3 Å². The topological polar surface area (TPSA) is 46.5 Å². The minimum absolute atomic E-state index is 0.328. The van der Waals surface area contributed by atoms with Crippen LogP contribution in [-0.4, -0.2) is 17.7 Å². The van der Waals surface area contributed by atoms with Gasteiger partial charge in [-0.1, -0.05) is 40.2 Å². The highest BCUT2D eigenvalue weighted by Gasteiger charge is 2.06. The Morgan fingerprint density at radius 2 is 1.88 bits per heavy atom. The van der Waals surface area contributed by atoms with Gasteiger partial charge in [-0.15, -0.1) is 0 Å². The van der Waals surface area contributed by atoms with Crippen molar-refractivity contribution in [3.8, 4) is 5.75 Å². The number of hydrogen-bond donors (Lipinski definition) is 1. The average molecular weight is 281 g/mol. The van der Waals surface area contributed by atoms with E-state index in [1.54, 1.807) is 6.07 Å². The normalized spacial score (nSPS) is 10.3. The fourth-order valence-electron chi connectivity index (χ4n) is 1.50. The Hall–Kier alpha value is -1.55. The van der Waals surface area contributed by atoms with Crippen LogP contribution in [0.5, 0.6) is 5.75 Å². The molecule has 0 atom stereocenters. The summed E-state index contributed by atoms with van der Waals surface area (Å²) < 4.78 is 6.18. The molecule has 0 saturated carbocycles. The van der Waals surface area contributed by atoms with E-state index in [2.05, 4.69) is 15.9 Å². The predicted molar refractivity (Wildman–Crippen MR) is 64.8 cm³/mol. The van der Waals surface area contributed by atoms with E-state index in [0.29, 0.717) is 5.75 Å². The largest absolute Gasteiger partial charge is 0.481 e. The maximum absolute atomic E-state index is 10.4. The molecule has 0 saturated heterocycles. The molecule has 4 heteroatoms. The van der Waals surface area contributed by atoms with Crippen molar-refractivity contribution in [2.45, 2.75) is 0 Å². The minimum Gasteiger partial charge on any atom is -0.481 e. The lowest BCUT2D eigenvalue weighted by Gasteiger charge is -2.08. The van der Waals surface area contributed by atoms with Crippen LogP contribution in [0.15, 0.2) is 40.9 Å². The summed E-state index contributed by atoms with van der Waals surface area (Å²) >= 11 is 3.44. The molecule has 2 aromatic carbocycles. The Morgan fingerprint density at radius 3 is 2.56 bits per heavy atom. The molecule has 0 bridgehead atoms. The Bertz CT molecular complexity index is 537. The van der Waals surface area contributed by atoms with Crippen molar-refractivity contribution in [2.24, 2.45) is 0 Å². The molecule has 0 aliphatic heterocycles. The van der Waals surface area contributed by atoms with Crippen LogP contribution in [0.2, 0.25) is 0 Å². The lowest BCUT2D eigenvalue weighted by Crippen LogP contribution is -2.09. The fourth-order valence-corrected chi connectivity index (χ4v) is 1.98. The van der Waals surface area contributed by atoms with Crippen LogP contribution >= 0.6 is 15.9 Å². The third-order valence-corrected chi connectivity index (χ3v) is 2.87. The average Bonchev–Trinajstić information content (AvgIpc) is 2.28. The van der Waals surface area contributed by atoms with E-state index in [0.717, 1.165) is 15.2 Å². The summed E-state index contributed by atoms with van der Waals surface area (Å²) in [6.07, 6.45) is 0. The van der Waals surface area contributed by atoms with Crippen molar-refractivity contribution in [1.29, 1.82) is 0 Å². The van der Waals surface area contributed by atoms with E-state index in [4.69, 9.17) is 9.84 Å². The molecule has 2 rings (SSSR count). The number of rotatable bonds is 3. The molecule has 0 amide bonds. The van der Waals surface area contributed by atoms with Crippen molar-refractivity contribution >= 4 is 32.7 Å². The van der Waals surface area contributed by atoms with Crippen molar-refractivity contribution in [1.82, 2.24) is 0 Å². The van der Waals surface area contributed by atoms with Crippen molar-refractivity contribution in [3.05, 3.63) is 40.9 Å². The number of carboxylic acids is 1. The first-order valence-corrected chi connectivity index (χ1v) is 5.49. The Kier molecular flexibility index (Phi) is 3.10. The molecule has 0 fully saturated rings. The van der Waals surface area contributed by atoms with Gasteiger partial charge in [-0.2, -0.15) is 0 Å². The first-order chi connectivity index (χ1) is 7.68. The molecule has 16 heavy (non-hydrogen) atoms. The van der Waals surface area contributed by atoms with Gasteiger partial charge in [0.25, 0.3) is 0 Å². The second kappa shape index (κ2) is 4.53. The highest BCUT2D eigenvalue weighted by Crippen LogP contribution is 2.31. The Labute approximate surface area is 101 Å². The van der Waals surface area contributed by atoms with Gasteiger partial charge in [0, 0.05) is 9.86 Å². The quantitative estimate of drug-likeness (QED) is 0.940. The maximum atomic E-state index is 10.4. The zero-order valence-corrected chi connectivity index (χ0v) is 9.90. The highest BCUT2D eigenvalue weighted by atomic mass is 79.9. The Balaban J connectivity index is 2.46. The van der Waals surface area contributed by atoms with Gasteiger partial charge >= 0.3 is 5.97 Å². The molecule has 0 aliphatic carbocycles. The number of carboxylic acid groups (broad SMARTS) is 1. The van der Waals surface area contributed by atoms with E-state index >= 15 is 0 Å². The lowest BCUT2D eigenvalue weighted by atomic mass is 10.1. The van der Waals surface area contributed by atoms with Crippen molar-refractivity contribution in [2.75, 3.05) is 6.61 Å².